The summed E-state index contributed by atoms with van der Waals surface area (Å²) in [7, 11) is 0. The van der Waals surface area contributed by atoms with Crippen molar-refractivity contribution in [1.82, 2.24) is 39.3 Å². The maximum absolute atomic E-state index is 13.3. The molecule has 1 fully saturated rings. The molecule has 4 heterocycles. The minimum absolute atomic E-state index is 0.0440. The van der Waals surface area contributed by atoms with E-state index < -0.39 is 4.92 Å². The molecule has 6 rings (SSSR count). The highest BCUT2D eigenvalue weighted by molar-refractivity contribution is 7.98. The molecule has 13 heteroatoms. The third kappa shape index (κ3) is 4.11. The van der Waals surface area contributed by atoms with Gasteiger partial charge < -0.3 is 0 Å². The van der Waals surface area contributed by atoms with Crippen molar-refractivity contribution in [3.63, 3.8) is 0 Å². The number of rotatable bonds is 6. The van der Waals surface area contributed by atoms with Crippen LogP contribution in [0.5, 0.6) is 0 Å². The quantitative estimate of drug-likeness (QED) is 0.207. The van der Waals surface area contributed by atoms with Gasteiger partial charge in [0.2, 0.25) is 11.1 Å². The van der Waals surface area contributed by atoms with Crippen LogP contribution in [0, 0.1) is 10.1 Å². The van der Waals surface area contributed by atoms with Crippen molar-refractivity contribution in [2.75, 3.05) is 0 Å². The van der Waals surface area contributed by atoms with E-state index in [9.17, 15) is 14.9 Å². The van der Waals surface area contributed by atoms with Crippen molar-refractivity contribution in [1.29, 1.82) is 0 Å². The maximum atomic E-state index is 13.3. The lowest BCUT2D eigenvalue weighted by molar-refractivity contribution is -0.384. The Hall–Kier alpha value is -4.13. The van der Waals surface area contributed by atoms with Gasteiger partial charge in [0.25, 0.3) is 17.0 Å². The lowest BCUT2D eigenvalue weighted by atomic mass is 9.89. The van der Waals surface area contributed by atoms with Gasteiger partial charge in [-0.05, 0) is 24.5 Å². The first-order valence-corrected chi connectivity index (χ1v) is 12.6. The van der Waals surface area contributed by atoms with Crippen LogP contribution in [0.25, 0.3) is 22.6 Å². The fourth-order valence-electron chi connectivity index (χ4n) is 4.51. The fraction of sp³-hybridized carbons (Fsp3) is 0.304. The van der Waals surface area contributed by atoms with E-state index >= 15 is 0 Å². The van der Waals surface area contributed by atoms with Crippen LogP contribution in [0.15, 0.2) is 52.7 Å². The Morgan fingerprint density at radius 1 is 1.11 bits per heavy atom. The smallest absolute Gasteiger partial charge is 0.268 e. The molecule has 1 aliphatic carbocycles. The Morgan fingerprint density at radius 3 is 2.69 bits per heavy atom. The Bertz CT molecular complexity index is 1630. The molecule has 1 aromatic carbocycles. The zero-order valence-corrected chi connectivity index (χ0v) is 19.9. The molecule has 0 amide bonds. The highest BCUT2D eigenvalue weighted by Gasteiger charge is 2.21. The van der Waals surface area contributed by atoms with Crippen molar-refractivity contribution in [3.8, 4) is 5.95 Å². The average molecular weight is 504 g/mol. The van der Waals surface area contributed by atoms with Crippen LogP contribution in [-0.2, 0) is 5.75 Å². The van der Waals surface area contributed by atoms with Crippen molar-refractivity contribution in [2.45, 2.75) is 48.9 Å². The van der Waals surface area contributed by atoms with E-state index in [1.807, 2.05) is 0 Å². The Balaban J connectivity index is 1.25. The summed E-state index contributed by atoms with van der Waals surface area (Å²) in [6.45, 7) is 0. The first-order valence-electron chi connectivity index (χ1n) is 11.6. The van der Waals surface area contributed by atoms with E-state index in [0.29, 0.717) is 33.5 Å². The summed E-state index contributed by atoms with van der Waals surface area (Å²) >= 11 is 1.36. The summed E-state index contributed by atoms with van der Waals surface area (Å²) in [6.07, 6.45) is 8.95. The summed E-state index contributed by atoms with van der Waals surface area (Å²) in [4.78, 5) is 37.1. The van der Waals surface area contributed by atoms with Crippen LogP contribution >= 0.6 is 11.8 Å². The number of hydrogen-bond donors (Lipinski definition) is 1. The van der Waals surface area contributed by atoms with Crippen molar-refractivity contribution >= 4 is 34.1 Å². The minimum Gasteiger partial charge on any atom is -0.268 e. The van der Waals surface area contributed by atoms with Gasteiger partial charge in [-0.25, -0.2) is 10.1 Å². The van der Waals surface area contributed by atoms with E-state index in [1.54, 1.807) is 28.9 Å². The second kappa shape index (κ2) is 9.15. The second-order valence-electron chi connectivity index (χ2n) is 8.72. The molecule has 182 valence electrons. The zero-order valence-electron chi connectivity index (χ0n) is 19.1. The van der Waals surface area contributed by atoms with E-state index in [2.05, 4.69) is 25.1 Å². The molecule has 0 aliphatic heterocycles. The third-order valence-electron chi connectivity index (χ3n) is 6.42. The standard InChI is InChI=1S/C23H21N9O3S/c33-20-17-12-24-21-25-19(15-4-2-1-3-5-15)29-31(21)18(17)10-11-30(20)22-26-23(28-27-22)36-13-14-6-8-16(9-7-14)32(34)35/h6-12,15H,1-5,13H2,(H,26,27,28). The number of thioether (sulfide) groups is 1. The molecule has 0 saturated heterocycles. The van der Waals surface area contributed by atoms with Gasteiger partial charge in [-0.3, -0.25) is 19.5 Å². The number of non-ortho nitro benzene ring substituents is 1. The van der Waals surface area contributed by atoms with Crippen molar-refractivity contribution in [3.05, 3.63) is 74.6 Å². The molecule has 12 nitrogen and oxygen atoms in total. The van der Waals surface area contributed by atoms with Gasteiger partial charge in [0.05, 0.1) is 15.8 Å². The van der Waals surface area contributed by atoms with E-state index in [-0.39, 0.29) is 17.2 Å². The first kappa shape index (κ1) is 22.3. The van der Waals surface area contributed by atoms with Gasteiger partial charge in [-0.2, -0.15) is 14.5 Å². The zero-order chi connectivity index (χ0) is 24.6. The Labute approximate surface area is 208 Å². The largest absolute Gasteiger partial charge is 0.269 e. The molecule has 1 saturated carbocycles. The van der Waals surface area contributed by atoms with E-state index in [1.165, 1.54) is 53.9 Å². The number of nitrogens with zero attached hydrogens (tertiary/aromatic N) is 8. The Kier molecular flexibility index (Phi) is 5.68. The van der Waals surface area contributed by atoms with Crippen LogP contribution in [0.1, 0.15) is 49.4 Å². The lowest BCUT2D eigenvalue weighted by Gasteiger charge is -2.17. The molecular formula is C23H21N9O3S. The number of pyridine rings is 1. The summed E-state index contributed by atoms with van der Waals surface area (Å²) in [5.41, 5.74) is 1.29. The number of hydrogen-bond acceptors (Lipinski definition) is 9. The predicted octanol–water partition coefficient (Wildman–Crippen LogP) is 3.79. The summed E-state index contributed by atoms with van der Waals surface area (Å²) < 4.78 is 3.04. The van der Waals surface area contributed by atoms with Crippen LogP contribution < -0.4 is 5.56 Å². The lowest BCUT2D eigenvalue weighted by Crippen LogP contribution is -2.20. The molecule has 1 N–H and O–H groups in total. The van der Waals surface area contributed by atoms with Crippen molar-refractivity contribution < 1.29 is 4.92 Å². The average Bonchev–Trinajstić information content (AvgIpc) is 3.56. The van der Waals surface area contributed by atoms with Crippen LogP contribution in [0.3, 0.4) is 0 Å². The molecule has 0 radical (unpaired) electrons. The van der Waals surface area contributed by atoms with Crippen LogP contribution in [0.4, 0.5) is 5.69 Å². The number of nitro benzene ring substituents is 1. The summed E-state index contributed by atoms with van der Waals surface area (Å²) in [5, 5.41) is 23.4. The molecule has 4 aromatic heterocycles. The Morgan fingerprint density at radius 2 is 1.92 bits per heavy atom. The molecular weight excluding hydrogens is 482 g/mol. The van der Waals surface area contributed by atoms with Gasteiger partial charge in [0.15, 0.2) is 5.82 Å². The third-order valence-corrected chi connectivity index (χ3v) is 7.34. The predicted molar refractivity (Wildman–Crippen MR) is 132 cm³/mol. The van der Waals surface area contributed by atoms with E-state index in [0.717, 1.165) is 24.2 Å². The summed E-state index contributed by atoms with van der Waals surface area (Å²) in [6, 6.07) is 8.13. The molecule has 0 bridgehead atoms. The van der Waals surface area contributed by atoms with Gasteiger partial charge in [0.1, 0.15) is 0 Å². The molecule has 0 atom stereocenters. The molecule has 1 aliphatic rings. The minimum atomic E-state index is -0.432. The molecule has 36 heavy (non-hydrogen) atoms. The number of fused-ring (bicyclic) bond motifs is 3. The fourth-order valence-corrected chi connectivity index (χ4v) is 5.26. The SMILES string of the molecule is O=c1c2cnc3nc(C4CCCCC4)nn3c2ccn1-c1nc(SCc2ccc([N+](=O)[O-])cc2)n[nH]1. The van der Waals surface area contributed by atoms with Crippen LogP contribution in [0.2, 0.25) is 0 Å². The molecule has 5 aromatic rings. The van der Waals surface area contributed by atoms with Crippen molar-refractivity contribution in [2.24, 2.45) is 0 Å². The number of benzene rings is 1. The topological polar surface area (TPSA) is 150 Å². The van der Waals surface area contributed by atoms with Gasteiger partial charge in [-0.1, -0.05) is 43.2 Å². The number of nitrogens with one attached hydrogen (secondary N) is 1. The van der Waals surface area contributed by atoms with Gasteiger partial charge in [-0.15, -0.1) is 10.2 Å². The second-order valence-corrected chi connectivity index (χ2v) is 9.66. The number of aromatic nitrogens is 8. The van der Waals surface area contributed by atoms with E-state index in [4.69, 9.17) is 5.10 Å². The highest BCUT2D eigenvalue weighted by Crippen LogP contribution is 2.31. The highest BCUT2D eigenvalue weighted by atomic mass is 32.2. The van der Waals surface area contributed by atoms with Crippen LogP contribution in [-0.4, -0.2) is 44.3 Å². The monoisotopic (exact) mass is 503 g/mol. The first-order chi connectivity index (χ1) is 17.6. The maximum Gasteiger partial charge on any atom is 0.269 e. The number of H-pyrrole nitrogens is 1. The molecule has 0 spiro atoms. The summed E-state index contributed by atoms with van der Waals surface area (Å²) in [5.74, 6) is 2.44. The number of nitro groups is 1. The number of aromatic amines is 1. The van der Waals surface area contributed by atoms with Gasteiger partial charge >= 0.3 is 0 Å². The normalized spacial score (nSPS) is 14.6. The van der Waals surface area contributed by atoms with Gasteiger partial charge in [0, 0.05) is 36.2 Å². The molecule has 0 unspecified atom stereocenters.